The minimum atomic E-state index is -0.988. The van der Waals surface area contributed by atoms with Crippen LogP contribution in [0.2, 0.25) is 0 Å². The van der Waals surface area contributed by atoms with Crippen molar-refractivity contribution in [2.45, 2.75) is 12.3 Å². The van der Waals surface area contributed by atoms with Gasteiger partial charge in [-0.2, -0.15) is 0 Å². The number of hydrogen-bond acceptors (Lipinski definition) is 1. The van der Waals surface area contributed by atoms with Gasteiger partial charge in [-0.3, -0.25) is 4.79 Å². The number of carboxylic acid groups (broad SMARTS) is 1. The van der Waals surface area contributed by atoms with Crippen molar-refractivity contribution in [1.29, 1.82) is 0 Å². The number of benzene rings is 1. The van der Waals surface area contributed by atoms with E-state index in [1.807, 2.05) is 0 Å². The Bertz CT molecular complexity index is 369. The molecule has 74 valence electrons. The zero-order valence-corrected chi connectivity index (χ0v) is 7.21. The average Bonchev–Trinajstić information content (AvgIpc) is 2.83. The van der Waals surface area contributed by atoms with E-state index in [0.717, 1.165) is 12.1 Å². The summed E-state index contributed by atoms with van der Waals surface area (Å²) in [5.74, 6) is -3.41. The summed E-state index contributed by atoms with van der Waals surface area (Å²) in [4.78, 5) is 10.5. The van der Waals surface area contributed by atoms with Crippen LogP contribution in [0.5, 0.6) is 0 Å². The van der Waals surface area contributed by atoms with E-state index < -0.39 is 29.4 Å². The first-order chi connectivity index (χ1) is 6.61. The molecule has 0 aliphatic heterocycles. The van der Waals surface area contributed by atoms with Crippen LogP contribution in [-0.4, -0.2) is 11.1 Å². The SMILES string of the molecule is O=C(O)[C@H]1C[C@H]1c1c(F)cccc1F. The molecule has 2 atom stereocenters. The van der Waals surface area contributed by atoms with Crippen molar-refractivity contribution in [2.75, 3.05) is 0 Å². The normalized spacial score (nSPS) is 24.7. The van der Waals surface area contributed by atoms with Crippen LogP contribution >= 0.6 is 0 Å². The molecular formula is C10H8F2O2. The first kappa shape index (κ1) is 9.12. The molecule has 1 aliphatic rings. The molecule has 1 aliphatic carbocycles. The van der Waals surface area contributed by atoms with Crippen LogP contribution in [0.15, 0.2) is 18.2 Å². The van der Waals surface area contributed by atoms with Gasteiger partial charge in [-0.05, 0) is 18.6 Å². The van der Waals surface area contributed by atoms with Gasteiger partial charge in [0.2, 0.25) is 0 Å². The molecule has 0 heterocycles. The van der Waals surface area contributed by atoms with Crippen LogP contribution < -0.4 is 0 Å². The molecule has 0 aromatic heterocycles. The van der Waals surface area contributed by atoms with Crippen molar-refractivity contribution >= 4 is 5.97 Å². The Morgan fingerprint density at radius 3 is 2.36 bits per heavy atom. The molecule has 1 fully saturated rings. The van der Waals surface area contributed by atoms with Crippen molar-refractivity contribution < 1.29 is 18.7 Å². The molecule has 1 aromatic carbocycles. The van der Waals surface area contributed by atoms with Crippen molar-refractivity contribution in [3.63, 3.8) is 0 Å². The van der Waals surface area contributed by atoms with Crippen molar-refractivity contribution in [3.05, 3.63) is 35.4 Å². The molecule has 4 heteroatoms. The first-order valence-electron chi connectivity index (χ1n) is 4.28. The minimum Gasteiger partial charge on any atom is -0.481 e. The van der Waals surface area contributed by atoms with Gasteiger partial charge in [0.15, 0.2) is 0 Å². The second kappa shape index (κ2) is 3.04. The van der Waals surface area contributed by atoms with Crippen LogP contribution in [0.1, 0.15) is 17.9 Å². The van der Waals surface area contributed by atoms with E-state index in [-0.39, 0.29) is 5.56 Å². The third-order valence-electron chi connectivity index (χ3n) is 2.48. The van der Waals surface area contributed by atoms with Gasteiger partial charge in [0, 0.05) is 11.5 Å². The summed E-state index contributed by atoms with van der Waals surface area (Å²) in [6.45, 7) is 0. The van der Waals surface area contributed by atoms with Gasteiger partial charge >= 0.3 is 5.97 Å². The maximum absolute atomic E-state index is 13.1. The van der Waals surface area contributed by atoms with Crippen LogP contribution in [0, 0.1) is 17.6 Å². The summed E-state index contributed by atoms with van der Waals surface area (Å²) < 4.78 is 26.3. The van der Waals surface area contributed by atoms with E-state index in [4.69, 9.17) is 5.11 Å². The molecule has 1 N–H and O–H groups in total. The Hall–Kier alpha value is -1.45. The molecular weight excluding hydrogens is 190 g/mol. The van der Waals surface area contributed by atoms with Gasteiger partial charge in [-0.25, -0.2) is 8.78 Å². The zero-order valence-electron chi connectivity index (χ0n) is 7.21. The highest BCUT2D eigenvalue weighted by molar-refractivity contribution is 5.75. The highest BCUT2D eigenvalue weighted by Gasteiger charge is 2.46. The van der Waals surface area contributed by atoms with Crippen molar-refractivity contribution in [1.82, 2.24) is 0 Å². The second-order valence-electron chi connectivity index (χ2n) is 3.42. The Morgan fingerprint density at radius 2 is 1.93 bits per heavy atom. The number of hydrogen-bond donors (Lipinski definition) is 1. The highest BCUT2D eigenvalue weighted by Crippen LogP contribution is 2.49. The summed E-state index contributed by atoms with van der Waals surface area (Å²) in [6, 6.07) is 3.57. The van der Waals surface area contributed by atoms with E-state index in [0.29, 0.717) is 6.42 Å². The molecule has 14 heavy (non-hydrogen) atoms. The standard InChI is InChI=1S/C10H8F2O2/c11-7-2-1-3-8(12)9(7)5-4-6(5)10(13)14/h1-3,5-6H,4H2,(H,13,14)/t5-,6+/m1/s1. The highest BCUT2D eigenvalue weighted by atomic mass is 19.1. The topological polar surface area (TPSA) is 37.3 Å². The van der Waals surface area contributed by atoms with Gasteiger partial charge in [-0.1, -0.05) is 6.07 Å². The minimum absolute atomic E-state index is 0.0834. The second-order valence-corrected chi connectivity index (χ2v) is 3.42. The number of carbonyl (C=O) groups is 1. The van der Waals surface area contributed by atoms with E-state index in [9.17, 15) is 13.6 Å². The average molecular weight is 198 g/mol. The fourth-order valence-electron chi connectivity index (χ4n) is 1.65. The first-order valence-corrected chi connectivity index (χ1v) is 4.28. The van der Waals surface area contributed by atoms with E-state index in [1.165, 1.54) is 6.07 Å². The molecule has 2 rings (SSSR count). The third kappa shape index (κ3) is 1.36. The summed E-state index contributed by atoms with van der Waals surface area (Å²) >= 11 is 0. The number of rotatable bonds is 2. The molecule has 0 bridgehead atoms. The van der Waals surface area contributed by atoms with E-state index in [1.54, 1.807) is 0 Å². The number of halogens is 2. The van der Waals surface area contributed by atoms with Gasteiger partial charge in [0.25, 0.3) is 0 Å². The summed E-state index contributed by atoms with van der Waals surface area (Å²) in [5, 5.41) is 8.62. The third-order valence-corrected chi connectivity index (χ3v) is 2.48. The number of aliphatic carboxylic acids is 1. The lowest BCUT2D eigenvalue weighted by atomic mass is 10.1. The predicted octanol–water partition coefficient (Wildman–Crippen LogP) is 2.15. The Kier molecular flexibility index (Phi) is 1.98. The summed E-state index contributed by atoms with van der Waals surface area (Å²) in [7, 11) is 0. The lowest BCUT2D eigenvalue weighted by Crippen LogP contribution is -2.01. The van der Waals surface area contributed by atoms with Crippen molar-refractivity contribution in [2.24, 2.45) is 5.92 Å². The van der Waals surface area contributed by atoms with E-state index in [2.05, 4.69) is 0 Å². The summed E-state index contributed by atoms with van der Waals surface area (Å²) in [5.41, 5.74) is -0.0834. The molecule has 0 spiro atoms. The summed E-state index contributed by atoms with van der Waals surface area (Å²) in [6.07, 6.45) is 0.327. The van der Waals surface area contributed by atoms with Crippen LogP contribution in [0.25, 0.3) is 0 Å². The maximum atomic E-state index is 13.1. The molecule has 0 saturated heterocycles. The largest absolute Gasteiger partial charge is 0.481 e. The van der Waals surface area contributed by atoms with E-state index >= 15 is 0 Å². The molecule has 0 radical (unpaired) electrons. The predicted molar refractivity (Wildman–Crippen MR) is 44.8 cm³/mol. The molecule has 1 saturated carbocycles. The lowest BCUT2D eigenvalue weighted by Gasteiger charge is -2.01. The Balaban J connectivity index is 2.31. The molecule has 2 nitrogen and oxygen atoms in total. The fourth-order valence-corrected chi connectivity index (χ4v) is 1.65. The lowest BCUT2D eigenvalue weighted by molar-refractivity contribution is -0.138. The van der Waals surface area contributed by atoms with Gasteiger partial charge in [0.05, 0.1) is 5.92 Å². The van der Waals surface area contributed by atoms with Gasteiger partial charge in [-0.15, -0.1) is 0 Å². The Morgan fingerprint density at radius 1 is 1.36 bits per heavy atom. The van der Waals surface area contributed by atoms with Gasteiger partial charge in [0.1, 0.15) is 11.6 Å². The molecule has 0 amide bonds. The van der Waals surface area contributed by atoms with Crippen LogP contribution in [0.3, 0.4) is 0 Å². The van der Waals surface area contributed by atoms with Crippen LogP contribution in [0.4, 0.5) is 8.78 Å². The smallest absolute Gasteiger partial charge is 0.307 e. The fraction of sp³-hybridized carbons (Fsp3) is 0.300. The maximum Gasteiger partial charge on any atom is 0.307 e. The van der Waals surface area contributed by atoms with Crippen LogP contribution in [-0.2, 0) is 4.79 Å². The molecule has 0 unspecified atom stereocenters. The quantitative estimate of drug-likeness (QED) is 0.790. The Labute approximate surface area is 79.2 Å². The zero-order chi connectivity index (χ0) is 10.3. The number of carboxylic acids is 1. The molecule has 1 aromatic rings. The van der Waals surface area contributed by atoms with Crippen molar-refractivity contribution in [3.8, 4) is 0 Å². The monoisotopic (exact) mass is 198 g/mol. The van der Waals surface area contributed by atoms with Gasteiger partial charge < -0.3 is 5.11 Å².